The lowest BCUT2D eigenvalue weighted by Crippen LogP contribution is -2.25. The number of rotatable bonds is 3. The van der Waals surface area contributed by atoms with E-state index in [1.807, 2.05) is 13.0 Å². The van der Waals surface area contributed by atoms with E-state index in [0.29, 0.717) is 11.3 Å². The number of methoxy groups -OCH3 is 1. The largest absolute Gasteiger partial charge is 0.496 e. The number of anilines is 2. The van der Waals surface area contributed by atoms with Gasteiger partial charge < -0.3 is 10.5 Å². The van der Waals surface area contributed by atoms with Gasteiger partial charge in [0.15, 0.2) is 0 Å². The van der Waals surface area contributed by atoms with E-state index < -0.39 is 11.6 Å². The van der Waals surface area contributed by atoms with E-state index in [4.69, 9.17) is 10.5 Å². The molecule has 0 aliphatic carbocycles. The minimum atomic E-state index is -0.599. The molecule has 0 saturated heterocycles. The topological polar surface area (TPSA) is 101 Å². The maximum absolute atomic E-state index is 12.5. The molecule has 1 aromatic carbocycles. The minimum absolute atomic E-state index is 0.00460. The molecule has 0 saturated carbocycles. The second kappa shape index (κ2) is 5.88. The van der Waals surface area contributed by atoms with E-state index >= 15 is 0 Å². The van der Waals surface area contributed by atoms with E-state index in [9.17, 15) is 9.59 Å². The number of nitrogen functional groups attached to an aromatic ring is 1. The summed E-state index contributed by atoms with van der Waals surface area (Å²) < 4.78 is 6.18. The van der Waals surface area contributed by atoms with Crippen molar-refractivity contribution >= 4 is 30.2 Å². The number of aryl methyl sites for hydroxylation is 1. The number of nitrogens with two attached hydrogens (primary N) is 1. The van der Waals surface area contributed by atoms with Gasteiger partial charge in [0, 0.05) is 0 Å². The molecule has 21 heavy (non-hydrogen) atoms. The molecule has 0 unspecified atom stereocenters. The Bertz CT molecular complexity index is 744. The summed E-state index contributed by atoms with van der Waals surface area (Å²) in [6.07, 6.45) is 1.18. The molecule has 0 aliphatic heterocycles. The van der Waals surface area contributed by atoms with Crippen LogP contribution in [0.4, 0.5) is 11.5 Å². The molecule has 1 heterocycles. The minimum Gasteiger partial charge on any atom is -0.496 e. The van der Waals surface area contributed by atoms with Gasteiger partial charge in [-0.2, -0.15) is 4.98 Å². The molecule has 2 rings (SSSR count). The molecular formula is C13H14N4O3S. The SMILES string of the molecule is COc1ccc(C)cc1C(=O)N(S)c1cnc(=O)[nH]c1N. The Hall–Kier alpha value is -2.48. The number of nitrogens with one attached hydrogen (secondary N) is 1. The average molecular weight is 306 g/mol. The molecular weight excluding hydrogens is 292 g/mol. The summed E-state index contributed by atoms with van der Waals surface area (Å²) in [6, 6.07) is 5.20. The maximum atomic E-state index is 12.5. The fraction of sp³-hybridized carbons (Fsp3) is 0.154. The molecule has 0 aliphatic rings. The van der Waals surface area contributed by atoms with Crippen molar-refractivity contribution in [2.24, 2.45) is 0 Å². The van der Waals surface area contributed by atoms with Crippen molar-refractivity contribution in [3.63, 3.8) is 0 Å². The van der Waals surface area contributed by atoms with Crippen molar-refractivity contribution in [2.45, 2.75) is 6.92 Å². The van der Waals surface area contributed by atoms with E-state index in [0.717, 1.165) is 9.87 Å². The van der Waals surface area contributed by atoms with Crippen LogP contribution in [-0.4, -0.2) is 23.0 Å². The van der Waals surface area contributed by atoms with Crippen LogP contribution in [0.2, 0.25) is 0 Å². The number of aromatic amines is 1. The molecule has 8 heteroatoms. The average Bonchev–Trinajstić information content (AvgIpc) is 2.45. The number of benzene rings is 1. The highest BCUT2D eigenvalue weighted by atomic mass is 32.1. The summed E-state index contributed by atoms with van der Waals surface area (Å²) in [5, 5.41) is 0. The second-order valence-electron chi connectivity index (χ2n) is 4.31. The fourth-order valence-electron chi connectivity index (χ4n) is 1.78. The van der Waals surface area contributed by atoms with Crippen molar-refractivity contribution in [3.8, 4) is 5.75 Å². The number of carbonyl (C=O) groups is 1. The van der Waals surface area contributed by atoms with E-state index in [1.165, 1.54) is 13.3 Å². The van der Waals surface area contributed by atoms with Gasteiger partial charge in [-0.05, 0) is 19.1 Å². The monoisotopic (exact) mass is 306 g/mol. The quantitative estimate of drug-likeness (QED) is 0.739. The number of hydrogen-bond acceptors (Lipinski definition) is 6. The van der Waals surface area contributed by atoms with Crippen LogP contribution in [0.1, 0.15) is 15.9 Å². The predicted octanol–water partition coefficient (Wildman–Crippen LogP) is 1.16. The number of thiol groups is 1. The molecule has 0 bridgehead atoms. The Morgan fingerprint density at radius 3 is 2.81 bits per heavy atom. The highest BCUT2D eigenvalue weighted by Gasteiger charge is 2.21. The van der Waals surface area contributed by atoms with Crippen molar-refractivity contribution in [1.29, 1.82) is 0 Å². The van der Waals surface area contributed by atoms with Gasteiger partial charge in [0.1, 0.15) is 17.3 Å². The Balaban J connectivity index is 2.44. The van der Waals surface area contributed by atoms with Gasteiger partial charge in [0.05, 0.1) is 18.9 Å². The molecule has 2 aromatic rings. The second-order valence-corrected chi connectivity index (χ2v) is 4.71. The number of amides is 1. The fourth-order valence-corrected chi connectivity index (χ4v) is 2.05. The lowest BCUT2D eigenvalue weighted by Gasteiger charge is -2.18. The van der Waals surface area contributed by atoms with Gasteiger partial charge in [-0.3, -0.25) is 9.78 Å². The highest BCUT2D eigenvalue weighted by molar-refractivity contribution is 7.82. The van der Waals surface area contributed by atoms with Crippen LogP contribution in [0.25, 0.3) is 0 Å². The first kappa shape index (κ1) is 14.9. The zero-order valence-corrected chi connectivity index (χ0v) is 12.3. The lowest BCUT2D eigenvalue weighted by atomic mass is 10.1. The third kappa shape index (κ3) is 3.00. The van der Waals surface area contributed by atoms with Gasteiger partial charge in [0.25, 0.3) is 5.91 Å². The molecule has 1 amide bonds. The van der Waals surface area contributed by atoms with Gasteiger partial charge >= 0.3 is 5.69 Å². The molecule has 1 aromatic heterocycles. The smallest absolute Gasteiger partial charge is 0.346 e. The summed E-state index contributed by atoms with van der Waals surface area (Å²) >= 11 is 4.14. The zero-order chi connectivity index (χ0) is 15.6. The highest BCUT2D eigenvalue weighted by Crippen LogP contribution is 2.27. The predicted molar refractivity (Wildman–Crippen MR) is 82.8 cm³/mol. The van der Waals surface area contributed by atoms with Crippen LogP contribution in [-0.2, 0) is 0 Å². The van der Waals surface area contributed by atoms with Crippen LogP contribution in [0.5, 0.6) is 5.75 Å². The van der Waals surface area contributed by atoms with Gasteiger partial charge in [-0.1, -0.05) is 24.4 Å². The summed E-state index contributed by atoms with van der Waals surface area (Å²) in [5.41, 5.74) is 6.49. The third-order valence-electron chi connectivity index (χ3n) is 2.83. The lowest BCUT2D eigenvalue weighted by molar-refractivity contribution is 0.100. The summed E-state index contributed by atoms with van der Waals surface area (Å²) in [5.74, 6) is -0.0231. The molecule has 3 N–H and O–H groups in total. The Morgan fingerprint density at radius 1 is 1.48 bits per heavy atom. The number of ether oxygens (including phenoxy) is 1. The Morgan fingerprint density at radius 2 is 2.19 bits per heavy atom. The molecule has 0 spiro atoms. The molecule has 0 radical (unpaired) electrons. The molecule has 110 valence electrons. The van der Waals surface area contributed by atoms with Crippen LogP contribution >= 0.6 is 12.8 Å². The van der Waals surface area contributed by atoms with Gasteiger partial charge in [-0.15, -0.1) is 0 Å². The van der Waals surface area contributed by atoms with Crippen molar-refractivity contribution in [3.05, 3.63) is 46.0 Å². The zero-order valence-electron chi connectivity index (χ0n) is 11.5. The molecule has 0 fully saturated rings. The molecule has 0 atom stereocenters. The first-order valence-electron chi connectivity index (χ1n) is 5.97. The van der Waals surface area contributed by atoms with E-state index in [2.05, 4.69) is 22.8 Å². The van der Waals surface area contributed by atoms with E-state index in [-0.39, 0.29) is 11.5 Å². The summed E-state index contributed by atoms with van der Waals surface area (Å²) in [7, 11) is 1.47. The van der Waals surface area contributed by atoms with E-state index in [1.54, 1.807) is 12.1 Å². The summed E-state index contributed by atoms with van der Waals surface area (Å²) in [6.45, 7) is 1.86. The van der Waals surface area contributed by atoms with Crippen LogP contribution < -0.4 is 20.5 Å². The third-order valence-corrected chi connectivity index (χ3v) is 3.22. The van der Waals surface area contributed by atoms with Crippen molar-refractivity contribution in [2.75, 3.05) is 17.1 Å². The summed E-state index contributed by atoms with van der Waals surface area (Å²) in [4.78, 5) is 29.4. The van der Waals surface area contributed by atoms with Crippen LogP contribution in [0.3, 0.4) is 0 Å². The first-order chi connectivity index (χ1) is 9.93. The maximum Gasteiger partial charge on any atom is 0.346 e. The normalized spacial score (nSPS) is 10.2. The molecule has 7 nitrogen and oxygen atoms in total. The number of aromatic nitrogens is 2. The number of carbonyl (C=O) groups excluding carboxylic acids is 1. The van der Waals surface area contributed by atoms with Crippen LogP contribution in [0, 0.1) is 6.92 Å². The first-order valence-corrected chi connectivity index (χ1v) is 6.37. The van der Waals surface area contributed by atoms with Crippen molar-refractivity contribution < 1.29 is 9.53 Å². The Kier molecular flexibility index (Phi) is 4.18. The van der Waals surface area contributed by atoms with Crippen LogP contribution in [0.15, 0.2) is 29.2 Å². The Labute approximate surface area is 126 Å². The van der Waals surface area contributed by atoms with Gasteiger partial charge in [0.2, 0.25) is 0 Å². The van der Waals surface area contributed by atoms with Crippen molar-refractivity contribution in [1.82, 2.24) is 9.97 Å². The number of nitrogens with zero attached hydrogens (tertiary/aromatic N) is 2. The number of H-pyrrole nitrogens is 1. The standard InChI is InChI=1S/C13H14N4O3S/c1-7-3-4-10(20-2)8(5-7)12(18)17(21)9-6-15-13(19)16-11(9)14/h3-6,21H,1-2H3,(H3,14,15,16,19). The number of hydrogen-bond donors (Lipinski definition) is 3. The van der Waals surface area contributed by atoms with Gasteiger partial charge in [-0.25, -0.2) is 9.10 Å².